The van der Waals surface area contributed by atoms with E-state index >= 15 is 0 Å². The van der Waals surface area contributed by atoms with Crippen LogP contribution >= 0.6 is 0 Å². The van der Waals surface area contributed by atoms with Gasteiger partial charge in [-0.15, -0.1) is 0 Å². The largest absolute Gasteiger partial charge is 0.346 e. The molecule has 0 radical (unpaired) electrons. The second-order valence-corrected chi connectivity index (χ2v) is 6.13. The van der Waals surface area contributed by atoms with E-state index in [0.717, 1.165) is 30.4 Å². The van der Waals surface area contributed by atoms with Crippen LogP contribution in [0.1, 0.15) is 30.7 Å². The van der Waals surface area contributed by atoms with Crippen molar-refractivity contribution in [2.24, 2.45) is 0 Å². The lowest BCUT2D eigenvalue weighted by molar-refractivity contribution is -0.385. The molecule has 1 N–H and O–H groups in total. The molecule has 1 aromatic carbocycles. The highest BCUT2D eigenvalue weighted by molar-refractivity contribution is 5.90. The van der Waals surface area contributed by atoms with Gasteiger partial charge in [-0.3, -0.25) is 19.5 Å². The molecule has 0 unspecified atom stereocenters. The Labute approximate surface area is 143 Å². The molecular weight excluding hydrogens is 326 g/mol. The maximum absolute atomic E-state index is 12.3. The van der Waals surface area contributed by atoms with Gasteiger partial charge >= 0.3 is 5.69 Å². The Hall–Kier alpha value is -2.97. The summed E-state index contributed by atoms with van der Waals surface area (Å²) in [5, 5.41) is 17.8. The monoisotopic (exact) mass is 345 g/mol. The minimum Gasteiger partial charge on any atom is -0.324 e. The molecule has 0 atom stereocenters. The number of nitrogens with zero attached hydrogens (tertiary/aromatic N) is 4. The van der Waals surface area contributed by atoms with Gasteiger partial charge in [-0.05, 0) is 25.8 Å². The van der Waals surface area contributed by atoms with E-state index in [4.69, 9.17) is 0 Å². The summed E-state index contributed by atoms with van der Waals surface area (Å²) in [4.78, 5) is 35.0. The van der Waals surface area contributed by atoms with Crippen molar-refractivity contribution in [3.8, 4) is 0 Å². The third-order valence-electron chi connectivity index (χ3n) is 4.26. The predicted octanol–water partition coefficient (Wildman–Crippen LogP) is 1.63. The number of aromatic nitrogens is 3. The lowest BCUT2D eigenvalue weighted by Crippen LogP contribution is -2.30. The Bertz CT molecular complexity index is 883. The molecule has 0 fully saturated rings. The molecule has 1 amide bonds. The summed E-state index contributed by atoms with van der Waals surface area (Å²) < 4.78 is 2.77. The van der Waals surface area contributed by atoms with Crippen LogP contribution in [0.5, 0.6) is 0 Å². The van der Waals surface area contributed by atoms with E-state index in [1.165, 1.54) is 6.07 Å². The fourth-order valence-electron chi connectivity index (χ4n) is 2.95. The summed E-state index contributed by atoms with van der Waals surface area (Å²) >= 11 is 0. The van der Waals surface area contributed by atoms with Crippen LogP contribution in [-0.2, 0) is 24.3 Å². The van der Waals surface area contributed by atoms with Crippen molar-refractivity contribution in [2.75, 3.05) is 5.32 Å². The lowest BCUT2D eigenvalue weighted by atomic mass is 10.2. The van der Waals surface area contributed by atoms with Crippen molar-refractivity contribution in [3.63, 3.8) is 0 Å². The standard InChI is InChI=1S/C16H19N5O4/c1-11-6-7-12(9-13(11)21(24)25)17-15(22)10-20-16(23)19-8-4-2-3-5-14(19)18-20/h6-7,9H,2-5,8,10H2,1H3,(H,17,22). The zero-order valence-electron chi connectivity index (χ0n) is 13.9. The third kappa shape index (κ3) is 3.59. The van der Waals surface area contributed by atoms with Crippen LogP contribution in [0, 0.1) is 17.0 Å². The van der Waals surface area contributed by atoms with Crippen LogP contribution in [0.15, 0.2) is 23.0 Å². The quantitative estimate of drug-likeness (QED) is 0.668. The minimum absolute atomic E-state index is 0.0660. The number of fused-ring (bicyclic) bond motifs is 1. The van der Waals surface area contributed by atoms with Crippen molar-refractivity contribution < 1.29 is 9.72 Å². The number of aryl methyl sites for hydroxylation is 2. The maximum atomic E-state index is 12.3. The first-order chi connectivity index (χ1) is 12.0. The third-order valence-corrected chi connectivity index (χ3v) is 4.26. The van der Waals surface area contributed by atoms with Crippen LogP contribution < -0.4 is 11.0 Å². The summed E-state index contributed by atoms with van der Waals surface area (Å²) in [5.74, 6) is 0.259. The molecule has 2 heterocycles. The number of benzene rings is 1. The zero-order valence-corrected chi connectivity index (χ0v) is 13.9. The summed E-state index contributed by atoms with van der Waals surface area (Å²) in [6.45, 7) is 2.03. The molecular formula is C16H19N5O4. The molecule has 1 aliphatic rings. The number of hydrogen-bond acceptors (Lipinski definition) is 5. The number of amides is 1. The van der Waals surface area contributed by atoms with Crippen LogP contribution in [0.25, 0.3) is 0 Å². The van der Waals surface area contributed by atoms with E-state index in [0.29, 0.717) is 23.6 Å². The average molecular weight is 345 g/mol. The van der Waals surface area contributed by atoms with Gasteiger partial charge in [0.1, 0.15) is 12.4 Å². The van der Waals surface area contributed by atoms with Gasteiger partial charge in [-0.2, -0.15) is 5.10 Å². The number of nitro groups is 1. The maximum Gasteiger partial charge on any atom is 0.346 e. The molecule has 132 valence electrons. The normalized spacial score (nSPS) is 13.8. The lowest BCUT2D eigenvalue weighted by Gasteiger charge is -2.06. The van der Waals surface area contributed by atoms with Crippen LogP contribution in [0.4, 0.5) is 11.4 Å². The molecule has 2 aromatic rings. The molecule has 25 heavy (non-hydrogen) atoms. The van der Waals surface area contributed by atoms with E-state index in [1.807, 2.05) is 0 Å². The topological polar surface area (TPSA) is 112 Å². The summed E-state index contributed by atoms with van der Waals surface area (Å²) in [6, 6.07) is 4.46. The van der Waals surface area contributed by atoms with Gasteiger partial charge in [0.15, 0.2) is 0 Å². The summed E-state index contributed by atoms with van der Waals surface area (Å²) in [5.41, 5.74) is 0.471. The van der Waals surface area contributed by atoms with Gasteiger partial charge in [-0.25, -0.2) is 9.48 Å². The van der Waals surface area contributed by atoms with Crippen molar-refractivity contribution in [1.82, 2.24) is 14.3 Å². The summed E-state index contributed by atoms with van der Waals surface area (Å²) in [7, 11) is 0. The van der Waals surface area contributed by atoms with Crippen molar-refractivity contribution in [3.05, 3.63) is 50.2 Å². The van der Waals surface area contributed by atoms with Crippen LogP contribution in [0.2, 0.25) is 0 Å². The number of hydrogen-bond donors (Lipinski definition) is 1. The fourth-order valence-corrected chi connectivity index (χ4v) is 2.95. The molecule has 0 bridgehead atoms. The van der Waals surface area contributed by atoms with E-state index in [2.05, 4.69) is 10.4 Å². The number of carbonyl (C=O) groups excluding carboxylic acids is 1. The predicted molar refractivity (Wildman–Crippen MR) is 90.5 cm³/mol. The Morgan fingerprint density at radius 3 is 2.92 bits per heavy atom. The Morgan fingerprint density at radius 1 is 1.36 bits per heavy atom. The van der Waals surface area contributed by atoms with Gasteiger partial charge in [-0.1, -0.05) is 12.5 Å². The average Bonchev–Trinajstić information content (AvgIpc) is 2.74. The highest BCUT2D eigenvalue weighted by Gasteiger charge is 2.18. The first-order valence-electron chi connectivity index (χ1n) is 8.17. The Kier molecular flexibility index (Phi) is 4.64. The zero-order chi connectivity index (χ0) is 18.0. The Balaban J connectivity index is 1.74. The molecule has 9 heteroatoms. The van der Waals surface area contributed by atoms with Gasteiger partial charge in [0.25, 0.3) is 5.69 Å². The second-order valence-electron chi connectivity index (χ2n) is 6.13. The second kappa shape index (κ2) is 6.88. The van der Waals surface area contributed by atoms with Crippen molar-refractivity contribution in [2.45, 2.75) is 45.7 Å². The van der Waals surface area contributed by atoms with Gasteiger partial charge in [0.2, 0.25) is 5.91 Å². The molecule has 0 aliphatic carbocycles. The highest BCUT2D eigenvalue weighted by atomic mass is 16.6. The van der Waals surface area contributed by atoms with Crippen LogP contribution in [-0.4, -0.2) is 25.2 Å². The van der Waals surface area contributed by atoms with Crippen molar-refractivity contribution in [1.29, 1.82) is 0 Å². The molecule has 1 aliphatic heterocycles. The van der Waals surface area contributed by atoms with Crippen molar-refractivity contribution >= 4 is 17.3 Å². The van der Waals surface area contributed by atoms with Crippen LogP contribution in [0.3, 0.4) is 0 Å². The molecule has 0 spiro atoms. The number of anilines is 1. The fraction of sp³-hybridized carbons (Fsp3) is 0.438. The number of nitrogens with one attached hydrogen (secondary N) is 1. The molecule has 3 rings (SSSR count). The highest BCUT2D eigenvalue weighted by Crippen LogP contribution is 2.22. The van der Waals surface area contributed by atoms with Gasteiger partial charge in [0, 0.05) is 30.3 Å². The minimum atomic E-state index is -0.498. The first-order valence-corrected chi connectivity index (χ1v) is 8.17. The smallest absolute Gasteiger partial charge is 0.324 e. The van der Waals surface area contributed by atoms with E-state index in [-0.39, 0.29) is 17.9 Å². The number of nitro benzene ring substituents is 1. The molecule has 9 nitrogen and oxygen atoms in total. The van der Waals surface area contributed by atoms with E-state index in [9.17, 15) is 19.7 Å². The molecule has 0 saturated carbocycles. The van der Waals surface area contributed by atoms with Gasteiger partial charge in [0.05, 0.1) is 4.92 Å². The molecule has 0 saturated heterocycles. The Morgan fingerprint density at radius 2 is 2.16 bits per heavy atom. The van der Waals surface area contributed by atoms with Gasteiger partial charge < -0.3 is 5.32 Å². The van der Waals surface area contributed by atoms with E-state index in [1.54, 1.807) is 23.6 Å². The SMILES string of the molecule is Cc1ccc(NC(=O)Cn2nc3n(c2=O)CCCCC3)cc1[N+](=O)[O-]. The summed E-state index contributed by atoms with van der Waals surface area (Å²) in [6.07, 6.45) is 3.71. The van der Waals surface area contributed by atoms with E-state index < -0.39 is 10.8 Å². The number of rotatable bonds is 4. The molecule has 1 aromatic heterocycles. The number of carbonyl (C=O) groups is 1. The first kappa shape index (κ1) is 16.9.